The number of nitrogens with zero attached hydrogens (tertiary/aromatic N) is 4. The van der Waals surface area contributed by atoms with Crippen molar-refractivity contribution in [3.8, 4) is 11.5 Å². The molecule has 2 aromatic carbocycles. The molecule has 6 nitrogen and oxygen atoms in total. The Bertz CT molecular complexity index is 975. The van der Waals surface area contributed by atoms with Gasteiger partial charge >= 0.3 is 0 Å². The molecule has 0 saturated carbocycles. The molecule has 140 valence electrons. The lowest BCUT2D eigenvalue weighted by Gasteiger charge is -2.38. The van der Waals surface area contributed by atoms with Gasteiger partial charge in [0.05, 0.1) is 11.0 Å². The van der Waals surface area contributed by atoms with Crippen molar-refractivity contribution in [3.05, 3.63) is 48.0 Å². The minimum Gasteiger partial charge on any atom is -0.454 e. The van der Waals surface area contributed by atoms with E-state index >= 15 is 0 Å². The second-order valence-corrected chi connectivity index (χ2v) is 7.27. The predicted molar refractivity (Wildman–Crippen MR) is 105 cm³/mol. The van der Waals surface area contributed by atoms with Gasteiger partial charge in [-0.1, -0.05) is 18.2 Å². The van der Waals surface area contributed by atoms with Gasteiger partial charge in [0.1, 0.15) is 0 Å². The van der Waals surface area contributed by atoms with E-state index < -0.39 is 0 Å². The van der Waals surface area contributed by atoms with E-state index in [1.807, 2.05) is 12.1 Å². The molecule has 0 aliphatic carbocycles. The number of rotatable bonds is 3. The Balaban J connectivity index is 1.30. The molecule has 6 heteroatoms. The zero-order chi connectivity index (χ0) is 18.4. The van der Waals surface area contributed by atoms with E-state index in [0.717, 1.165) is 49.1 Å². The third-order valence-corrected chi connectivity index (χ3v) is 5.79. The van der Waals surface area contributed by atoms with Crippen LogP contribution in [-0.2, 0) is 7.05 Å². The maximum Gasteiger partial charge on any atom is 0.231 e. The normalized spacial score (nSPS) is 18.2. The molecular formula is C21H24N4O2. The second-order valence-electron chi connectivity index (χ2n) is 7.27. The third kappa shape index (κ3) is 2.80. The Labute approximate surface area is 158 Å². The second kappa shape index (κ2) is 6.46. The molecule has 0 spiro atoms. The number of ether oxygens (including phenoxy) is 2. The number of hydrogen-bond acceptors (Lipinski definition) is 5. The van der Waals surface area contributed by atoms with Crippen LogP contribution in [0.4, 0.5) is 5.95 Å². The molecule has 0 amide bonds. The van der Waals surface area contributed by atoms with Gasteiger partial charge < -0.3 is 18.9 Å². The van der Waals surface area contributed by atoms with Crippen LogP contribution in [-0.4, -0.2) is 47.4 Å². The van der Waals surface area contributed by atoms with Gasteiger partial charge in [0.2, 0.25) is 12.7 Å². The minimum atomic E-state index is 0.323. The van der Waals surface area contributed by atoms with Gasteiger partial charge in [0.15, 0.2) is 11.5 Å². The van der Waals surface area contributed by atoms with Gasteiger partial charge in [-0.05, 0) is 36.8 Å². The average Bonchev–Trinajstić information content (AvgIpc) is 3.32. The Hall–Kier alpha value is -2.73. The maximum atomic E-state index is 5.53. The monoisotopic (exact) mass is 364 g/mol. The van der Waals surface area contributed by atoms with E-state index in [2.05, 4.69) is 58.7 Å². The Morgan fingerprint density at radius 3 is 2.56 bits per heavy atom. The SMILES string of the molecule is C[C@@H](c1ccc2c(c1)OCO2)N1CCN(c2nc3ccccc3n2C)CC1. The number of aromatic nitrogens is 2. The molecule has 0 radical (unpaired) electrons. The summed E-state index contributed by atoms with van der Waals surface area (Å²) in [5, 5.41) is 0. The van der Waals surface area contributed by atoms with Crippen LogP contribution in [0.3, 0.4) is 0 Å². The van der Waals surface area contributed by atoms with Crippen molar-refractivity contribution >= 4 is 17.0 Å². The summed E-state index contributed by atoms with van der Waals surface area (Å²) >= 11 is 0. The molecule has 27 heavy (non-hydrogen) atoms. The number of fused-ring (bicyclic) bond motifs is 2. The molecule has 3 aromatic rings. The molecular weight excluding hydrogens is 340 g/mol. The van der Waals surface area contributed by atoms with Crippen molar-refractivity contribution < 1.29 is 9.47 Å². The highest BCUT2D eigenvalue weighted by molar-refractivity contribution is 5.78. The van der Waals surface area contributed by atoms with Crippen LogP contribution in [0.1, 0.15) is 18.5 Å². The Kier molecular flexibility index (Phi) is 3.93. The van der Waals surface area contributed by atoms with Crippen molar-refractivity contribution in [1.29, 1.82) is 0 Å². The number of benzene rings is 2. The van der Waals surface area contributed by atoms with Crippen molar-refractivity contribution in [2.45, 2.75) is 13.0 Å². The van der Waals surface area contributed by atoms with E-state index in [4.69, 9.17) is 14.5 Å². The van der Waals surface area contributed by atoms with Gasteiger partial charge in [0.25, 0.3) is 0 Å². The van der Waals surface area contributed by atoms with Crippen molar-refractivity contribution in [3.63, 3.8) is 0 Å². The quantitative estimate of drug-likeness (QED) is 0.714. The Morgan fingerprint density at radius 2 is 1.74 bits per heavy atom. The molecule has 5 rings (SSSR count). The molecule has 0 unspecified atom stereocenters. The number of aryl methyl sites for hydroxylation is 1. The van der Waals surface area contributed by atoms with E-state index in [1.54, 1.807) is 0 Å². The van der Waals surface area contributed by atoms with Crippen LogP contribution in [0.25, 0.3) is 11.0 Å². The van der Waals surface area contributed by atoms with Crippen molar-refractivity contribution in [1.82, 2.24) is 14.5 Å². The maximum absolute atomic E-state index is 5.53. The molecule has 3 heterocycles. The first-order valence-electron chi connectivity index (χ1n) is 9.51. The number of piperazine rings is 1. The van der Waals surface area contributed by atoms with E-state index in [0.29, 0.717) is 12.8 Å². The van der Waals surface area contributed by atoms with Crippen molar-refractivity contribution in [2.24, 2.45) is 7.05 Å². The first-order chi connectivity index (χ1) is 13.2. The summed E-state index contributed by atoms with van der Waals surface area (Å²) in [6, 6.07) is 15.0. The summed E-state index contributed by atoms with van der Waals surface area (Å²) in [7, 11) is 2.10. The number of anilines is 1. The van der Waals surface area contributed by atoms with E-state index in [9.17, 15) is 0 Å². The van der Waals surface area contributed by atoms with Crippen LogP contribution >= 0.6 is 0 Å². The predicted octanol–water partition coefficient (Wildman–Crippen LogP) is 3.19. The van der Waals surface area contributed by atoms with E-state index in [1.165, 1.54) is 11.1 Å². The topological polar surface area (TPSA) is 42.8 Å². The lowest BCUT2D eigenvalue weighted by atomic mass is 10.1. The molecule has 1 saturated heterocycles. The highest BCUT2D eigenvalue weighted by Crippen LogP contribution is 2.35. The lowest BCUT2D eigenvalue weighted by Crippen LogP contribution is -2.47. The van der Waals surface area contributed by atoms with Crippen LogP contribution in [0.5, 0.6) is 11.5 Å². The zero-order valence-electron chi connectivity index (χ0n) is 15.8. The van der Waals surface area contributed by atoms with Crippen LogP contribution in [0, 0.1) is 0 Å². The molecule has 1 aromatic heterocycles. The largest absolute Gasteiger partial charge is 0.454 e. The van der Waals surface area contributed by atoms with Crippen molar-refractivity contribution in [2.75, 3.05) is 37.9 Å². The number of hydrogen-bond donors (Lipinski definition) is 0. The number of para-hydroxylation sites is 2. The smallest absolute Gasteiger partial charge is 0.231 e. The summed E-state index contributed by atoms with van der Waals surface area (Å²) in [5.41, 5.74) is 3.52. The summed E-state index contributed by atoms with van der Waals surface area (Å²) in [6.45, 7) is 6.57. The summed E-state index contributed by atoms with van der Waals surface area (Å²) in [6.07, 6.45) is 0. The fraction of sp³-hybridized carbons (Fsp3) is 0.381. The molecule has 2 aliphatic rings. The van der Waals surface area contributed by atoms with Gasteiger partial charge in [-0.15, -0.1) is 0 Å². The average molecular weight is 364 g/mol. The Morgan fingerprint density at radius 1 is 0.963 bits per heavy atom. The first kappa shape index (κ1) is 16.4. The zero-order valence-corrected chi connectivity index (χ0v) is 15.8. The third-order valence-electron chi connectivity index (χ3n) is 5.79. The molecule has 1 atom stereocenters. The molecule has 0 N–H and O–H groups in total. The van der Waals surface area contributed by atoms with E-state index in [-0.39, 0.29) is 0 Å². The van der Waals surface area contributed by atoms with Crippen LogP contribution < -0.4 is 14.4 Å². The van der Waals surface area contributed by atoms with Crippen LogP contribution in [0.15, 0.2) is 42.5 Å². The van der Waals surface area contributed by atoms with Gasteiger partial charge in [-0.3, -0.25) is 4.90 Å². The summed E-state index contributed by atoms with van der Waals surface area (Å²) in [4.78, 5) is 9.76. The van der Waals surface area contributed by atoms with Gasteiger partial charge in [-0.25, -0.2) is 4.98 Å². The molecule has 0 bridgehead atoms. The summed E-state index contributed by atoms with van der Waals surface area (Å²) < 4.78 is 13.2. The first-order valence-corrected chi connectivity index (χ1v) is 9.51. The molecule has 2 aliphatic heterocycles. The minimum absolute atomic E-state index is 0.323. The fourth-order valence-corrected chi connectivity index (χ4v) is 4.11. The summed E-state index contributed by atoms with van der Waals surface area (Å²) in [5.74, 6) is 2.77. The van der Waals surface area contributed by atoms with Crippen LogP contribution in [0.2, 0.25) is 0 Å². The highest BCUT2D eigenvalue weighted by Gasteiger charge is 2.25. The number of imidazole rings is 1. The fourth-order valence-electron chi connectivity index (χ4n) is 4.11. The standard InChI is InChI=1S/C21H24N4O2/c1-15(16-7-8-19-20(13-16)27-14-26-19)24-9-11-25(12-10-24)21-22-17-5-3-4-6-18(17)23(21)2/h3-8,13,15H,9-12,14H2,1-2H3/t15-/m0/s1. The van der Waals surface area contributed by atoms with Gasteiger partial charge in [0, 0.05) is 39.3 Å². The van der Waals surface area contributed by atoms with Gasteiger partial charge in [-0.2, -0.15) is 0 Å². The lowest BCUT2D eigenvalue weighted by molar-refractivity contribution is 0.173. The molecule has 1 fully saturated rings. The highest BCUT2D eigenvalue weighted by atomic mass is 16.7.